The number of carbonyl (C=O) groups is 3. The van der Waals surface area contributed by atoms with E-state index in [0.29, 0.717) is 28.5 Å². The summed E-state index contributed by atoms with van der Waals surface area (Å²) >= 11 is 9.40. The molecule has 1 saturated heterocycles. The molecule has 8 nitrogen and oxygen atoms in total. The van der Waals surface area contributed by atoms with Crippen LogP contribution in [-0.4, -0.2) is 43.9 Å². The minimum atomic E-state index is -0.493. The predicted octanol–water partition coefficient (Wildman–Crippen LogP) is 2.00. The lowest BCUT2D eigenvalue weighted by Crippen LogP contribution is -2.47. The number of amides is 3. The minimum Gasteiger partial charge on any atom is -0.444 e. The molecule has 27 heavy (non-hydrogen) atoms. The Morgan fingerprint density at radius 1 is 1.30 bits per heavy atom. The molecule has 1 aliphatic rings. The summed E-state index contributed by atoms with van der Waals surface area (Å²) in [5.74, 6) is -0.857. The first-order chi connectivity index (χ1) is 12.9. The molecule has 1 aromatic carbocycles. The van der Waals surface area contributed by atoms with Crippen molar-refractivity contribution in [1.29, 1.82) is 0 Å². The lowest BCUT2D eigenvalue weighted by Gasteiger charge is -2.29. The van der Waals surface area contributed by atoms with Gasteiger partial charge in [-0.25, -0.2) is 0 Å². The van der Waals surface area contributed by atoms with Crippen molar-refractivity contribution < 1.29 is 18.8 Å². The zero-order valence-corrected chi connectivity index (χ0v) is 16.4. The Morgan fingerprint density at radius 2 is 2.11 bits per heavy atom. The molecule has 3 rings (SSSR count). The van der Waals surface area contributed by atoms with Crippen molar-refractivity contribution in [3.8, 4) is 0 Å². The molecule has 0 unspecified atom stereocenters. The van der Waals surface area contributed by atoms with Crippen molar-refractivity contribution in [2.75, 3.05) is 36.4 Å². The summed E-state index contributed by atoms with van der Waals surface area (Å²) in [6, 6.07) is 8.13. The van der Waals surface area contributed by atoms with Gasteiger partial charge in [-0.2, -0.15) is 0 Å². The van der Waals surface area contributed by atoms with Crippen molar-refractivity contribution >= 4 is 56.6 Å². The molecule has 0 bridgehead atoms. The smallest absolute Gasteiger partial charge is 0.287 e. The average molecular weight is 456 g/mol. The number of hydrogen-bond acceptors (Lipinski definition) is 5. The molecule has 0 radical (unpaired) electrons. The highest BCUT2D eigenvalue weighted by molar-refractivity contribution is 9.10. The van der Waals surface area contributed by atoms with Crippen LogP contribution < -0.4 is 20.9 Å². The summed E-state index contributed by atoms with van der Waals surface area (Å²) in [6.07, 6.45) is 0. The monoisotopic (exact) mass is 454 g/mol. The molecule has 142 valence electrons. The summed E-state index contributed by atoms with van der Waals surface area (Å²) in [7, 11) is 0. The highest BCUT2D eigenvalue weighted by Gasteiger charge is 2.19. The Morgan fingerprint density at radius 3 is 2.78 bits per heavy atom. The van der Waals surface area contributed by atoms with Crippen LogP contribution in [0.2, 0.25) is 5.02 Å². The Balaban J connectivity index is 1.55. The molecule has 3 N–H and O–H groups in total. The molecule has 0 saturated carbocycles. The zero-order chi connectivity index (χ0) is 19.4. The molecular formula is C17H16BrClN4O4. The maximum absolute atomic E-state index is 12.0. The van der Waals surface area contributed by atoms with Crippen LogP contribution in [-0.2, 0) is 9.59 Å². The first-order valence-corrected chi connectivity index (χ1v) is 9.24. The first-order valence-electron chi connectivity index (χ1n) is 8.07. The van der Waals surface area contributed by atoms with Crippen LogP contribution in [0.15, 0.2) is 39.4 Å². The highest BCUT2D eigenvalue weighted by atomic mass is 79.9. The fourth-order valence-corrected chi connectivity index (χ4v) is 3.18. The Bertz CT molecular complexity index is 886. The van der Waals surface area contributed by atoms with E-state index >= 15 is 0 Å². The molecule has 1 aromatic heterocycles. The van der Waals surface area contributed by atoms with Gasteiger partial charge in [0.05, 0.1) is 23.8 Å². The fraction of sp³-hybridized carbons (Fsp3) is 0.235. The lowest BCUT2D eigenvalue weighted by atomic mass is 10.2. The van der Waals surface area contributed by atoms with E-state index in [4.69, 9.17) is 16.0 Å². The van der Waals surface area contributed by atoms with Gasteiger partial charge in [0.25, 0.3) is 5.91 Å². The SMILES string of the molecule is O=C1CN(c2ccc(NC(=O)CNC(=O)c3ccc(Br)o3)cc2Cl)CCN1. The van der Waals surface area contributed by atoms with E-state index in [0.717, 1.165) is 5.69 Å². The van der Waals surface area contributed by atoms with E-state index < -0.39 is 11.8 Å². The van der Waals surface area contributed by atoms with Gasteiger partial charge in [-0.3, -0.25) is 14.4 Å². The number of nitrogens with one attached hydrogen (secondary N) is 3. The number of furan rings is 1. The number of rotatable bonds is 5. The van der Waals surface area contributed by atoms with Gasteiger partial charge in [-0.1, -0.05) is 11.6 Å². The van der Waals surface area contributed by atoms with Gasteiger partial charge in [0.2, 0.25) is 11.8 Å². The van der Waals surface area contributed by atoms with Crippen molar-refractivity contribution in [1.82, 2.24) is 10.6 Å². The molecule has 0 aliphatic carbocycles. The number of nitrogens with zero attached hydrogens (tertiary/aromatic N) is 1. The maximum Gasteiger partial charge on any atom is 0.287 e. The van der Waals surface area contributed by atoms with Gasteiger partial charge in [-0.15, -0.1) is 0 Å². The third kappa shape index (κ3) is 5.01. The maximum atomic E-state index is 12.0. The summed E-state index contributed by atoms with van der Waals surface area (Å²) in [6.45, 7) is 1.23. The van der Waals surface area contributed by atoms with Gasteiger partial charge >= 0.3 is 0 Å². The second-order valence-electron chi connectivity index (χ2n) is 5.77. The van der Waals surface area contributed by atoms with Crippen molar-refractivity contribution in [2.45, 2.75) is 0 Å². The van der Waals surface area contributed by atoms with E-state index in [1.807, 2.05) is 4.90 Å². The van der Waals surface area contributed by atoms with Gasteiger partial charge in [0.1, 0.15) is 0 Å². The minimum absolute atomic E-state index is 0.0611. The molecule has 1 aliphatic heterocycles. The predicted molar refractivity (Wildman–Crippen MR) is 104 cm³/mol. The van der Waals surface area contributed by atoms with E-state index in [-0.39, 0.29) is 24.8 Å². The van der Waals surface area contributed by atoms with Crippen LogP contribution in [0.5, 0.6) is 0 Å². The molecule has 3 amide bonds. The summed E-state index contributed by atoms with van der Waals surface area (Å²) < 4.78 is 5.54. The molecule has 0 atom stereocenters. The quantitative estimate of drug-likeness (QED) is 0.640. The Kier molecular flexibility index (Phi) is 6.02. The van der Waals surface area contributed by atoms with E-state index in [9.17, 15) is 14.4 Å². The summed E-state index contributed by atoms with van der Waals surface area (Å²) in [5, 5.41) is 8.30. The van der Waals surface area contributed by atoms with Crippen LogP contribution >= 0.6 is 27.5 Å². The van der Waals surface area contributed by atoms with Crippen LogP contribution in [0.25, 0.3) is 0 Å². The van der Waals surface area contributed by atoms with Crippen molar-refractivity contribution in [3.63, 3.8) is 0 Å². The molecule has 0 spiro atoms. The van der Waals surface area contributed by atoms with Gasteiger partial charge in [0.15, 0.2) is 10.4 Å². The van der Waals surface area contributed by atoms with Crippen LogP contribution in [0.4, 0.5) is 11.4 Å². The van der Waals surface area contributed by atoms with Crippen molar-refractivity contribution in [3.05, 3.63) is 45.8 Å². The number of piperazine rings is 1. The molecular weight excluding hydrogens is 440 g/mol. The molecule has 1 fully saturated rings. The van der Waals surface area contributed by atoms with Crippen LogP contribution in [0.3, 0.4) is 0 Å². The van der Waals surface area contributed by atoms with Crippen molar-refractivity contribution in [2.24, 2.45) is 0 Å². The number of anilines is 2. The largest absolute Gasteiger partial charge is 0.444 e. The van der Waals surface area contributed by atoms with E-state index in [2.05, 4.69) is 31.9 Å². The Hall–Kier alpha value is -2.52. The first kappa shape index (κ1) is 19.2. The van der Waals surface area contributed by atoms with Crippen LogP contribution in [0.1, 0.15) is 10.6 Å². The normalized spacial score (nSPS) is 13.9. The van der Waals surface area contributed by atoms with Gasteiger partial charge < -0.3 is 25.3 Å². The number of halogens is 2. The fourth-order valence-electron chi connectivity index (χ4n) is 2.57. The second kappa shape index (κ2) is 8.45. The zero-order valence-electron chi connectivity index (χ0n) is 14.1. The third-order valence-electron chi connectivity index (χ3n) is 3.82. The standard InChI is InChI=1S/C17H16BrClN4O4/c18-14-4-3-13(27-14)17(26)21-8-15(24)22-10-1-2-12(11(19)7-10)23-6-5-20-16(25)9-23/h1-4,7H,5-6,8-9H2,(H,20,25)(H,21,26)(H,22,24). The third-order valence-corrected chi connectivity index (χ3v) is 4.55. The highest BCUT2D eigenvalue weighted by Crippen LogP contribution is 2.29. The van der Waals surface area contributed by atoms with E-state index in [1.165, 1.54) is 6.07 Å². The summed E-state index contributed by atoms with van der Waals surface area (Å²) in [5.41, 5.74) is 1.21. The molecule has 2 aromatic rings. The van der Waals surface area contributed by atoms with E-state index in [1.54, 1.807) is 24.3 Å². The lowest BCUT2D eigenvalue weighted by molar-refractivity contribution is -0.120. The van der Waals surface area contributed by atoms with Gasteiger partial charge in [-0.05, 0) is 46.3 Å². The topological polar surface area (TPSA) is 104 Å². The average Bonchev–Trinajstić information content (AvgIpc) is 3.06. The molecule has 10 heteroatoms. The number of carbonyl (C=O) groups excluding carboxylic acids is 3. The van der Waals surface area contributed by atoms with Crippen LogP contribution in [0, 0.1) is 0 Å². The second-order valence-corrected chi connectivity index (χ2v) is 6.96. The van der Waals surface area contributed by atoms with Gasteiger partial charge in [0, 0.05) is 18.8 Å². The molecule has 2 heterocycles. The summed E-state index contributed by atoms with van der Waals surface area (Å²) in [4.78, 5) is 37.2. The number of hydrogen-bond donors (Lipinski definition) is 3. The Labute approximate surface area is 168 Å². The number of benzene rings is 1.